The Hall–Kier alpha value is -2.89. The second-order valence-corrected chi connectivity index (χ2v) is 5.64. The van der Waals surface area contributed by atoms with E-state index in [-0.39, 0.29) is 23.5 Å². The molecular formula is C18H20N2O4. The number of carbonyl (C=O) groups excluding carboxylic acids is 1. The molecule has 0 spiro atoms. The van der Waals surface area contributed by atoms with Crippen LogP contribution in [0.3, 0.4) is 0 Å². The van der Waals surface area contributed by atoms with Gasteiger partial charge in [-0.25, -0.2) is 9.78 Å². The molecule has 0 aliphatic rings. The van der Waals surface area contributed by atoms with Crippen molar-refractivity contribution in [1.82, 2.24) is 10.3 Å². The molecule has 1 heterocycles. The van der Waals surface area contributed by atoms with E-state index in [4.69, 9.17) is 9.84 Å². The molecule has 0 saturated heterocycles. The first-order chi connectivity index (χ1) is 11.4. The summed E-state index contributed by atoms with van der Waals surface area (Å²) in [6, 6.07) is 11.5. The minimum atomic E-state index is -1.17. The van der Waals surface area contributed by atoms with Gasteiger partial charge in [0.1, 0.15) is 17.1 Å². The zero-order valence-electron chi connectivity index (χ0n) is 13.8. The molecule has 1 atom stereocenters. The smallest absolute Gasteiger partial charge is 0.354 e. The molecule has 6 heteroatoms. The average molecular weight is 328 g/mol. The van der Waals surface area contributed by atoms with Crippen LogP contribution >= 0.6 is 0 Å². The molecule has 0 saturated carbocycles. The number of nitrogens with one attached hydrogen (secondary N) is 1. The number of carbonyl (C=O) groups is 2. The summed E-state index contributed by atoms with van der Waals surface area (Å²) in [6.45, 7) is 5.75. The Morgan fingerprint density at radius 1 is 1.04 bits per heavy atom. The lowest BCUT2D eigenvalue weighted by Gasteiger charge is -2.15. The van der Waals surface area contributed by atoms with E-state index in [2.05, 4.69) is 10.3 Å². The molecule has 0 fully saturated rings. The van der Waals surface area contributed by atoms with Gasteiger partial charge in [0, 0.05) is 0 Å². The number of nitrogens with zero attached hydrogens (tertiary/aromatic N) is 1. The van der Waals surface area contributed by atoms with E-state index in [0.717, 1.165) is 11.3 Å². The van der Waals surface area contributed by atoms with Crippen LogP contribution < -0.4 is 10.1 Å². The minimum absolute atomic E-state index is 0.0708. The second kappa shape index (κ2) is 7.59. The van der Waals surface area contributed by atoms with Crippen molar-refractivity contribution in [2.75, 3.05) is 0 Å². The highest BCUT2D eigenvalue weighted by molar-refractivity contribution is 5.94. The molecule has 2 N–H and O–H groups in total. The van der Waals surface area contributed by atoms with Crippen molar-refractivity contribution in [1.29, 1.82) is 0 Å². The summed E-state index contributed by atoms with van der Waals surface area (Å²) in [6.07, 6.45) is 0.0977. The van der Waals surface area contributed by atoms with Gasteiger partial charge in [0.05, 0.1) is 12.1 Å². The number of carboxylic acids is 1. The van der Waals surface area contributed by atoms with Crippen molar-refractivity contribution >= 4 is 11.9 Å². The fraction of sp³-hybridized carbons (Fsp3) is 0.278. The van der Waals surface area contributed by atoms with E-state index in [1.165, 1.54) is 18.2 Å². The number of amides is 1. The van der Waals surface area contributed by atoms with Crippen LogP contribution in [0.25, 0.3) is 0 Å². The topological polar surface area (TPSA) is 88.5 Å². The molecular weight excluding hydrogens is 308 g/mol. The van der Waals surface area contributed by atoms with Crippen molar-refractivity contribution < 1.29 is 19.4 Å². The number of carboxylic acid groups (broad SMARTS) is 1. The maximum atomic E-state index is 12.2. The SMILES string of the molecule is CC(C)Oc1ccc(C(C)NC(=O)c2cccc(C(=O)O)n2)cc1. The molecule has 0 radical (unpaired) electrons. The van der Waals surface area contributed by atoms with Gasteiger partial charge in [0.15, 0.2) is 0 Å². The molecule has 0 aliphatic carbocycles. The molecule has 126 valence electrons. The monoisotopic (exact) mass is 328 g/mol. The largest absolute Gasteiger partial charge is 0.491 e. The van der Waals surface area contributed by atoms with Crippen molar-refractivity contribution in [2.24, 2.45) is 0 Å². The standard InChI is InChI=1S/C18H20N2O4/c1-11(2)24-14-9-7-13(8-10-14)12(3)19-17(21)15-5-4-6-16(20-15)18(22)23/h4-12H,1-3H3,(H,19,21)(H,22,23). The van der Waals surface area contributed by atoms with Crippen LogP contribution in [0, 0.1) is 0 Å². The molecule has 0 aliphatic heterocycles. The fourth-order valence-corrected chi connectivity index (χ4v) is 2.14. The Morgan fingerprint density at radius 3 is 2.25 bits per heavy atom. The third kappa shape index (κ3) is 4.55. The molecule has 2 aromatic rings. The predicted octanol–water partition coefficient (Wildman–Crippen LogP) is 3.06. The van der Waals surface area contributed by atoms with Crippen LogP contribution in [0.4, 0.5) is 0 Å². The van der Waals surface area contributed by atoms with Gasteiger partial charge in [-0.3, -0.25) is 4.79 Å². The third-order valence-corrected chi connectivity index (χ3v) is 3.30. The Bertz CT molecular complexity index is 726. The van der Waals surface area contributed by atoms with E-state index in [0.29, 0.717) is 0 Å². The summed E-state index contributed by atoms with van der Waals surface area (Å²) in [5.74, 6) is -0.824. The van der Waals surface area contributed by atoms with E-state index >= 15 is 0 Å². The Labute approximate surface area is 140 Å². The minimum Gasteiger partial charge on any atom is -0.491 e. The van der Waals surface area contributed by atoms with Crippen molar-refractivity contribution in [3.63, 3.8) is 0 Å². The first-order valence-corrected chi connectivity index (χ1v) is 7.64. The highest BCUT2D eigenvalue weighted by Crippen LogP contribution is 2.19. The summed E-state index contributed by atoms with van der Waals surface area (Å²) < 4.78 is 5.58. The van der Waals surface area contributed by atoms with Gasteiger partial charge >= 0.3 is 5.97 Å². The number of aromatic nitrogens is 1. The molecule has 1 amide bonds. The number of rotatable bonds is 6. The maximum absolute atomic E-state index is 12.2. The molecule has 1 unspecified atom stereocenters. The molecule has 24 heavy (non-hydrogen) atoms. The summed E-state index contributed by atoms with van der Waals surface area (Å²) in [5.41, 5.74) is 0.820. The predicted molar refractivity (Wildman–Crippen MR) is 89.3 cm³/mol. The summed E-state index contributed by atoms with van der Waals surface area (Å²) in [5, 5.41) is 11.7. The lowest BCUT2D eigenvalue weighted by atomic mass is 10.1. The van der Waals surface area contributed by atoms with Crippen LogP contribution in [-0.2, 0) is 0 Å². The number of hydrogen-bond donors (Lipinski definition) is 2. The first-order valence-electron chi connectivity index (χ1n) is 7.64. The summed E-state index contributed by atoms with van der Waals surface area (Å²) >= 11 is 0. The van der Waals surface area contributed by atoms with E-state index < -0.39 is 11.9 Å². The van der Waals surface area contributed by atoms with E-state index in [9.17, 15) is 9.59 Å². The average Bonchev–Trinajstić information content (AvgIpc) is 2.55. The van der Waals surface area contributed by atoms with Crippen molar-refractivity contribution in [3.05, 3.63) is 59.4 Å². The van der Waals surface area contributed by atoms with Crippen LogP contribution in [0.1, 0.15) is 53.4 Å². The second-order valence-electron chi connectivity index (χ2n) is 5.64. The molecule has 0 bridgehead atoms. The first kappa shape index (κ1) is 17.5. The van der Waals surface area contributed by atoms with Crippen molar-refractivity contribution in [2.45, 2.75) is 32.9 Å². The number of ether oxygens (including phenoxy) is 1. The quantitative estimate of drug-likeness (QED) is 0.851. The van der Waals surface area contributed by atoms with Gasteiger partial charge in [-0.1, -0.05) is 18.2 Å². The number of hydrogen-bond acceptors (Lipinski definition) is 4. The lowest BCUT2D eigenvalue weighted by Crippen LogP contribution is -2.27. The van der Waals surface area contributed by atoms with Crippen molar-refractivity contribution in [3.8, 4) is 5.75 Å². The van der Waals surface area contributed by atoms with E-state index in [1.54, 1.807) is 0 Å². The van der Waals surface area contributed by atoms with Gasteiger partial charge in [-0.15, -0.1) is 0 Å². The van der Waals surface area contributed by atoms with Crippen LogP contribution in [0.5, 0.6) is 5.75 Å². The molecule has 1 aromatic heterocycles. The zero-order chi connectivity index (χ0) is 17.7. The van der Waals surface area contributed by atoms with Crippen LogP contribution in [0.2, 0.25) is 0 Å². The highest BCUT2D eigenvalue weighted by Gasteiger charge is 2.14. The number of pyridine rings is 1. The number of aromatic carboxylic acids is 1. The molecule has 2 rings (SSSR count). The number of benzene rings is 1. The van der Waals surface area contributed by atoms with E-state index in [1.807, 2.05) is 45.0 Å². The van der Waals surface area contributed by atoms with Crippen LogP contribution in [0.15, 0.2) is 42.5 Å². The van der Waals surface area contributed by atoms with Gasteiger partial charge in [-0.2, -0.15) is 0 Å². The fourth-order valence-electron chi connectivity index (χ4n) is 2.14. The normalized spacial score (nSPS) is 11.8. The maximum Gasteiger partial charge on any atom is 0.354 e. The van der Waals surface area contributed by atoms with Gasteiger partial charge in [0.25, 0.3) is 5.91 Å². The Balaban J connectivity index is 2.05. The van der Waals surface area contributed by atoms with Gasteiger partial charge < -0.3 is 15.2 Å². The lowest BCUT2D eigenvalue weighted by molar-refractivity contribution is 0.0690. The van der Waals surface area contributed by atoms with Gasteiger partial charge in [0.2, 0.25) is 0 Å². The molecule has 1 aromatic carbocycles. The van der Waals surface area contributed by atoms with Crippen LogP contribution in [-0.4, -0.2) is 28.1 Å². The highest BCUT2D eigenvalue weighted by atomic mass is 16.5. The van der Waals surface area contributed by atoms with Gasteiger partial charge in [-0.05, 0) is 50.6 Å². The third-order valence-electron chi connectivity index (χ3n) is 3.30. The Morgan fingerprint density at radius 2 is 1.67 bits per heavy atom. The summed E-state index contributed by atoms with van der Waals surface area (Å²) in [4.78, 5) is 27.0. The molecule has 6 nitrogen and oxygen atoms in total. The summed E-state index contributed by atoms with van der Waals surface area (Å²) in [7, 11) is 0. The Kier molecular flexibility index (Phi) is 5.52. The zero-order valence-corrected chi connectivity index (χ0v) is 13.8.